The van der Waals surface area contributed by atoms with E-state index >= 15 is 0 Å². The second-order valence-electron chi connectivity index (χ2n) is 7.66. The highest BCUT2D eigenvalue weighted by Gasteiger charge is 2.16. The summed E-state index contributed by atoms with van der Waals surface area (Å²) in [5.74, 6) is -0.220. The molecule has 1 unspecified atom stereocenters. The molecule has 0 fully saturated rings. The van der Waals surface area contributed by atoms with Crippen LogP contribution in [0.25, 0.3) is 0 Å². The number of nitrogens with zero attached hydrogens (tertiary/aromatic N) is 1. The fourth-order valence-electron chi connectivity index (χ4n) is 3.33. The van der Waals surface area contributed by atoms with E-state index in [1.165, 1.54) is 0 Å². The molecule has 0 saturated carbocycles. The molecule has 0 aliphatic heterocycles. The van der Waals surface area contributed by atoms with E-state index in [2.05, 4.69) is 0 Å². The van der Waals surface area contributed by atoms with Crippen molar-refractivity contribution < 1.29 is 19.4 Å². The molecule has 0 amide bonds. The van der Waals surface area contributed by atoms with E-state index in [4.69, 9.17) is 9.84 Å². The summed E-state index contributed by atoms with van der Waals surface area (Å²) in [6.45, 7) is 2.59. The highest BCUT2D eigenvalue weighted by molar-refractivity contribution is 6.08. The number of benzene rings is 3. The minimum atomic E-state index is -0.853. The first-order valence-electron chi connectivity index (χ1n) is 10.3. The SMILES string of the molecule is Cc1ccc(C(CCN(C)CC(=O)O)Oc2ccc(C(=O)c3ccccc3)cc2)cc1. The lowest BCUT2D eigenvalue weighted by Crippen LogP contribution is -2.28. The number of carboxylic acids is 1. The van der Waals surface area contributed by atoms with Crippen LogP contribution >= 0.6 is 0 Å². The number of carbonyl (C=O) groups excluding carboxylic acids is 1. The average Bonchev–Trinajstić information content (AvgIpc) is 2.77. The van der Waals surface area contributed by atoms with Gasteiger partial charge in [-0.1, -0.05) is 60.2 Å². The molecule has 0 bridgehead atoms. The first-order valence-corrected chi connectivity index (χ1v) is 10.3. The van der Waals surface area contributed by atoms with Gasteiger partial charge in [0.05, 0.1) is 6.54 Å². The lowest BCUT2D eigenvalue weighted by Gasteiger charge is -2.23. The van der Waals surface area contributed by atoms with Gasteiger partial charge in [0.25, 0.3) is 0 Å². The molecular weight excluding hydrogens is 390 g/mol. The van der Waals surface area contributed by atoms with E-state index in [9.17, 15) is 9.59 Å². The molecule has 1 N–H and O–H groups in total. The molecule has 0 aliphatic carbocycles. The molecule has 31 heavy (non-hydrogen) atoms. The maximum absolute atomic E-state index is 12.6. The number of likely N-dealkylation sites (N-methyl/N-ethyl adjacent to an activating group) is 1. The van der Waals surface area contributed by atoms with Gasteiger partial charge in [-0.3, -0.25) is 14.5 Å². The highest BCUT2D eigenvalue weighted by atomic mass is 16.5. The Bertz CT molecular complexity index is 998. The van der Waals surface area contributed by atoms with Crippen molar-refractivity contribution in [2.45, 2.75) is 19.4 Å². The van der Waals surface area contributed by atoms with Gasteiger partial charge in [-0.25, -0.2) is 0 Å². The molecule has 0 saturated heterocycles. The Morgan fingerprint density at radius 2 is 1.52 bits per heavy atom. The predicted molar refractivity (Wildman–Crippen MR) is 121 cm³/mol. The van der Waals surface area contributed by atoms with Crippen molar-refractivity contribution in [3.8, 4) is 5.75 Å². The second kappa shape index (κ2) is 10.5. The average molecular weight is 418 g/mol. The normalized spacial score (nSPS) is 11.8. The van der Waals surface area contributed by atoms with Crippen molar-refractivity contribution in [3.63, 3.8) is 0 Å². The van der Waals surface area contributed by atoms with Gasteiger partial charge in [-0.15, -0.1) is 0 Å². The largest absolute Gasteiger partial charge is 0.486 e. The highest BCUT2D eigenvalue weighted by Crippen LogP contribution is 2.26. The van der Waals surface area contributed by atoms with Crippen molar-refractivity contribution in [1.29, 1.82) is 0 Å². The zero-order valence-corrected chi connectivity index (χ0v) is 17.8. The van der Waals surface area contributed by atoms with E-state index in [0.717, 1.165) is 11.1 Å². The van der Waals surface area contributed by atoms with Gasteiger partial charge in [0.15, 0.2) is 5.78 Å². The van der Waals surface area contributed by atoms with Crippen LogP contribution in [0.2, 0.25) is 0 Å². The van der Waals surface area contributed by atoms with Gasteiger partial charge in [-0.2, -0.15) is 0 Å². The van der Waals surface area contributed by atoms with Crippen LogP contribution in [0.15, 0.2) is 78.9 Å². The maximum Gasteiger partial charge on any atom is 0.317 e. The van der Waals surface area contributed by atoms with Crippen molar-refractivity contribution in [1.82, 2.24) is 4.90 Å². The van der Waals surface area contributed by atoms with E-state index in [1.54, 1.807) is 48.3 Å². The van der Waals surface area contributed by atoms with Gasteiger partial charge in [-0.05, 0) is 43.8 Å². The predicted octanol–water partition coefficient (Wildman–Crippen LogP) is 4.75. The van der Waals surface area contributed by atoms with Crippen molar-refractivity contribution >= 4 is 11.8 Å². The number of ether oxygens (including phenoxy) is 1. The third-order valence-electron chi connectivity index (χ3n) is 5.06. The summed E-state index contributed by atoms with van der Waals surface area (Å²) >= 11 is 0. The minimum Gasteiger partial charge on any atom is -0.486 e. The third kappa shape index (κ3) is 6.52. The molecule has 3 aromatic carbocycles. The number of aliphatic carboxylic acids is 1. The quantitative estimate of drug-likeness (QED) is 0.482. The van der Waals surface area contributed by atoms with Crippen LogP contribution in [0.5, 0.6) is 5.75 Å². The van der Waals surface area contributed by atoms with Gasteiger partial charge in [0, 0.05) is 24.1 Å². The van der Waals surface area contributed by atoms with E-state index in [0.29, 0.717) is 29.8 Å². The van der Waals surface area contributed by atoms with Crippen LogP contribution < -0.4 is 4.74 Å². The zero-order valence-electron chi connectivity index (χ0n) is 17.8. The molecule has 3 rings (SSSR count). The molecule has 0 heterocycles. The number of hydrogen-bond acceptors (Lipinski definition) is 4. The Balaban J connectivity index is 1.73. The second-order valence-corrected chi connectivity index (χ2v) is 7.66. The van der Waals surface area contributed by atoms with E-state index in [1.807, 2.05) is 49.4 Å². The molecular formula is C26H27NO4. The van der Waals surface area contributed by atoms with Crippen LogP contribution in [-0.2, 0) is 4.79 Å². The van der Waals surface area contributed by atoms with E-state index < -0.39 is 5.97 Å². The van der Waals surface area contributed by atoms with E-state index in [-0.39, 0.29) is 18.4 Å². The number of aryl methyl sites for hydroxylation is 1. The zero-order chi connectivity index (χ0) is 22.2. The van der Waals surface area contributed by atoms with Crippen molar-refractivity contribution in [2.75, 3.05) is 20.1 Å². The Labute approximate surface area is 182 Å². The van der Waals surface area contributed by atoms with Crippen LogP contribution in [0.4, 0.5) is 0 Å². The lowest BCUT2D eigenvalue weighted by atomic mass is 10.0. The number of rotatable bonds is 10. The van der Waals surface area contributed by atoms with Crippen molar-refractivity contribution in [3.05, 3.63) is 101 Å². The number of carbonyl (C=O) groups is 2. The molecule has 5 nitrogen and oxygen atoms in total. The van der Waals surface area contributed by atoms with Crippen LogP contribution in [0.1, 0.15) is 39.6 Å². The van der Waals surface area contributed by atoms with Crippen LogP contribution in [-0.4, -0.2) is 41.9 Å². The fraction of sp³-hybridized carbons (Fsp3) is 0.231. The van der Waals surface area contributed by atoms with Gasteiger partial charge in [0.2, 0.25) is 0 Å². The smallest absolute Gasteiger partial charge is 0.317 e. The summed E-state index contributed by atoms with van der Waals surface area (Å²) in [5, 5.41) is 8.98. The molecule has 0 aliphatic rings. The first kappa shape index (κ1) is 22.2. The summed E-state index contributed by atoms with van der Waals surface area (Å²) in [6.07, 6.45) is 0.407. The topological polar surface area (TPSA) is 66.8 Å². The standard InChI is InChI=1S/C26H27NO4/c1-19-8-10-20(11-9-19)24(16-17-27(2)18-25(28)29)31-23-14-12-22(13-15-23)26(30)21-6-4-3-5-7-21/h3-15,24H,16-18H2,1-2H3,(H,28,29). The van der Waals surface area contributed by atoms with Crippen molar-refractivity contribution in [2.24, 2.45) is 0 Å². The Morgan fingerprint density at radius 3 is 2.13 bits per heavy atom. The molecule has 160 valence electrons. The first-order chi connectivity index (χ1) is 14.9. The monoisotopic (exact) mass is 417 g/mol. The Morgan fingerprint density at radius 1 is 0.903 bits per heavy atom. The third-order valence-corrected chi connectivity index (χ3v) is 5.06. The summed E-state index contributed by atoms with van der Waals surface area (Å²) in [5.41, 5.74) is 3.44. The van der Waals surface area contributed by atoms with Crippen LogP contribution in [0, 0.1) is 6.92 Å². The molecule has 5 heteroatoms. The molecule has 0 aromatic heterocycles. The Hall–Kier alpha value is -3.44. The molecule has 1 atom stereocenters. The molecule has 3 aromatic rings. The summed E-state index contributed by atoms with van der Waals surface area (Å²) in [6, 6.07) is 24.5. The summed E-state index contributed by atoms with van der Waals surface area (Å²) in [7, 11) is 1.78. The Kier molecular flexibility index (Phi) is 7.57. The van der Waals surface area contributed by atoms with Gasteiger partial charge >= 0.3 is 5.97 Å². The number of ketones is 1. The number of carboxylic acid groups (broad SMARTS) is 1. The lowest BCUT2D eigenvalue weighted by molar-refractivity contribution is -0.138. The van der Waals surface area contributed by atoms with Crippen LogP contribution in [0.3, 0.4) is 0 Å². The summed E-state index contributed by atoms with van der Waals surface area (Å²) in [4.78, 5) is 25.3. The summed E-state index contributed by atoms with van der Waals surface area (Å²) < 4.78 is 6.25. The minimum absolute atomic E-state index is 0.0170. The molecule has 0 radical (unpaired) electrons. The fourth-order valence-corrected chi connectivity index (χ4v) is 3.33. The molecule has 0 spiro atoms. The maximum atomic E-state index is 12.6. The van der Waals surface area contributed by atoms with Gasteiger partial charge in [0.1, 0.15) is 11.9 Å². The van der Waals surface area contributed by atoms with Gasteiger partial charge < -0.3 is 9.84 Å². The number of hydrogen-bond donors (Lipinski definition) is 1.